The summed E-state index contributed by atoms with van der Waals surface area (Å²) in [4.78, 5) is 26.9. The normalized spacial score (nSPS) is 19.0. The van der Waals surface area contributed by atoms with Crippen LogP contribution in [-0.2, 0) is 4.74 Å². The molecule has 2 atom stereocenters. The molecule has 7 nitrogen and oxygen atoms in total. The van der Waals surface area contributed by atoms with E-state index < -0.39 is 11.7 Å². The van der Waals surface area contributed by atoms with Crippen molar-refractivity contribution >= 4 is 12.0 Å². The summed E-state index contributed by atoms with van der Waals surface area (Å²) >= 11 is 0. The second-order valence-electron chi connectivity index (χ2n) is 9.18. The summed E-state index contributed by atoms with van der Waals surface area (Å²) in [6.07, 6.45) is 1.17. The summed E-state index contributed by atoms with van der Waals surface area (Å²) in [7, 11) is 1.57. The highest BCUT2D eigenvalue weighted by Gasteiger charge is 2.36. The average molecular weight is 421 g/mol. The Hall–Kier alpha value is -2.44. The molecule has 0 radical (unpaired) electrons. The molecule has 2 amide bonds. The number of amides is 2. The van der Waals surface area contributed by atoms with Crippen LogP contribution in [0, 0.1) is 5.92 Å². The largest absolute Gasteiger partial charge is 0.493 e. The maximum atomic E-state index is 13.1. The minimum Gasteiger partial charge on any atom is -0.493 e. The molecule has 1 aromatic carbocycles. The highest BCUT2D eigenvalue weighted by Crippen LogP contribution is 2.30. The first kappa shape index (κ1) is 23.8. The number of rotatable bonds is 7. The quantitative estimate of drug-likeness (QED) is 0.714. The smallest absolute Gasteiger partial charge is 0.407 e. The van der Waals surface area contributed by atoms with Crippen molar-refractivity contribution in [3.05, 3.63) is 23.8 Å². The van der Waals surface area contributed by atoms with E-state index in [1.165, 1.54) is 0 Å². The van der Waals surface area contributed by atoms with Crippen LogP contribution in [0.2, 0.25) is 0 Å². The van der Waals surface area contributed by atoms with E-state index in [9.17, 15) is 9.59 Å². The number of alkyl carbamates (subject to hydrolysis) is 1. The van der Waals surface area contributed by atoms with Gasteiger partial charge in [0.25, 0.3) is 5.91 Å². The van der Waals surface area contributed by atoms with E-state index in [1.807, 2.05) is 27.7 Å². The van der Waals surface area contributed by atoms with E-state index in [4.69, 9.17) is 14.2 Å². The number of ether oxygens (including phenoxy) is 3. The molecule has 30 heavy (non-hydrogen) atoms. The molecule has 168 valence electrons. The van der Waals surface area contributed by atoms with Crippen molar-refractivity contribution < 1.29 is 23.8 Å². The third-order valence-corrected chi connectivity index (χ3v) is 5.08. The lowest BCUT2D eigenvalue weighted by molar-refractivity contribution is 0.0485. The van der Waals surface area contributed by atoms with Gasteiger partial charge in [0, 0.05) is 18.2 Å². The van der Waals surface area contributed by atoms with E-state index in [0.29, 0.717) is 42.6 Å². The number of likely N-dealkylation sites (tertiary alicyclic amines) is 1. The van der Waals surface area contributed by atoms with Gasteiger partial charge in [-0.15, -0.1) is 0 Å². The molecule has 0 bridgehead atoms. The van der Waals surface area contributed by atoms with E-state index >= 15 is 0 Å². The number of carbonyl (C=O) groups is 2. The summed E-state index contributed by atoms with van der Waals surface area (Å²) in [5.74, 6) is 1.63. The minimum atomic E-state index is -0.559. The van der Waals surface area contributed by atoms with Gasteiger partial charge in [0.1, 0.15) is 5.60 Å². The molecule has 0 unspecified atom stereocenters. The van der Waals surface area contributed by atoms with Crippen LogP contribution in [0.4, 0.5) is 4.79 Å². The number of carbonyl (C=O) groups excluding carboxylic acids is 2. The standard InChI is InChI=1S/C23H36N2O5/c1-15(2)11-13-29-19-9-8-17(14-20(19)28-7)21(26)25-12-10-18(16(25)3)24-22(27)30-23(4,5)6/h8-9,14-16,18H,10-13H2,1-7H3,(H,24,27)/t16-,18-/m1/s1. The third-order valence-electron chi connectivity index (χ3n) is 5.08. The molecule has 7 heteroatoms. The Morgan fingerprint density at radius 3 is 2.53 bits per heavy atom. The van der Waals surface area contributed by atoms with Crippen LogP contribution >= 0.6 is 0 Å². The monoisotopic (exact) mass is 420 g/mol. The van der Waals surface area contributed by atoms with Crippen LogP contribution in [-0.4, -0.2) is 54.8 Å². The number of methoxy groups -OCH3 is 1. The van der Waals surface area contributed by atoms with Gasteiger partial charge in [0.2, 0.25) is 0 Å². The molecule has 1 aromatic rings. The number of hydrogen-bond donors (Lipinski definition) is 1. The zero-order chi connectivity index (χ0) is 22.5. The highest BCUT2D eigenvalue weighted by molar-refractivity contribution is 5.95. The Labute approximate surface area is 180 Å². The van der Waals surface area contributed by atoms with Crippen LogP contribution in [0.15, 0.2) is 18.2 Å². The lowest BCUT2D eigenvalue weighted by Crippen LogP contribution is -2.46. The van der Waals surface area contributed by atoms with Crippen LogP contribution in [0.3, 0.4) is 0 Å². The average Bonchev–Trinajstić information content (AvgIpc) is 2.99. The number of hydrogen-bond acceptors (Lipinski definition) is 5. The zero-order valence-electron chi connectivity index (χ0n) is 19.3. The van der Waals surface area contributed by atoms with Gasteiger partial charge in [-0.25, -0.2) is 4.79 Å². The van der Waals surface area contributed by atoms with Gasteiger partial charge < -0.3 is 24.4 Å². The summed E-state index contributed by atoms with van der Waals surface area (Å²) < 4.78 is 16.6. The molecule has 2 rings (SSSR count). The Bertz CT molecular complexity index is 742. The Balaban J connectivity index is 2.03. The van der Waals surface area contributed by atoms with Gasteiger partial charge in [-0.05, 0) is 64.7 Å². The van der Waals surface area contributed by atoms with Gasteiger partial charge in [0.15, 0.2) is 11.5 Å². The van der Waals surface area contributed by atoms with Crippen LogP contribution in [0.1, 0.15) is 64.7 Å². The predicted molar refractivity (Wildman–Crippen MR) is 116 cm³/mol. The third kappa shape index (κ3) is 6.54. The van der Waals surface area contributed by atoms with Crippen molar-refractivity contribution in [3.63, 3.8) is 0 Å². The molecule has 0 aromatic heterocycles. The van der Waals surface area contributed by atoms with Crippen molar-refractivity contribution in [1.29, 1.82) is 0 Å². The van der Waals surface area contributed by atoms with Crippen LogP contribution < -0.4 is 14.8 Å². The van der Waals surface area contributed by atoms with Crippen LogP contribution in [0.5, 0.6) is 11.5 Å². The first-order chi connectivity index (χ1) is 14.0. The molecule has 0 spiro atoms. The molecule has 1 saturated heterocycles. The Kier molecular flexibility index (Phi) is 7.98. The molecule has 1 heterocycles. The van der Waals surface area contributed by atoms with Crippen molar-refractivity contribution in [2.24, 2.45) is 5.92 Å². The Morgan fingerprint density at radius 2 is 1.93 bits per heavy atom. The lowest BCUT2D eigenvalue weighted by Gasteiger charge is -2.27. The molecule has 0 saturated carbocycles. The van der Waals surface area contributed by atoms with E-state index in [1.54, 1.807) is 30.2 Å². The van der Waals surface area contributed by atoms with Gasteiger partial charge in [0.05, 0.1) is 19.8 Å². The summed E-state index contributed by atoms with van der Waals surface area (Å²) in [5, 5.41) is 2.89. The molecule has 1 fully saturated rings. The lowest BCUT2D eigenvalue weighted by atomic mass is 10.1. The number of nitrogens with zero attached hydrogens (tertiary/aromatic N) is 1. The van der Waals surface area contributed by atoms with E-state index in [2.05, 4.69) is 19.2 Å². The maximum absolute atomic E-state index is 13.1. The van der Waals surface area contributed by atoms with Crippen molar-refractivity contribution in [3.8, 4) is 11.5 Å². The molecule has 1 N–H and O–H groups in total. The SMILES string of the molecule is COc1cc(C(=O)N2CC[C@@H](NC(=O)OC(C)(C)C)[C@H]2C)ccc1OCCC(C)C. The fraction of sp³-hybridized carbons (Fsp3) is 0.652. The second kappa shape index (κ2) is 10.0. The van der Waals surface area contributed by atoms with Crippen molar-refractivity contribution in [2.75, 3.05) is 20.3 Å². The summed E-state index contributed by atoms with van der Waals surface area (Å²) in [6.45, 7) is 12.9. The fourth-order valence-corrected chi connectivity index (χ4v) is 3.37. The van der Waals surface area contributed by atoms with Crippen LogP contribution in [0.25, 0.3) is 0 Å². The number of nitrogens with one attached hydrogen (secondary N) is 1. The van der Waals surface area contributed by atoms with Crippen molar-refractivity contribution in [2.45, 2.75) is 72.1 Å². The van der Waals surface area contributed by atoms with Crippen molar-refractivity contribution in [1.82, 2.24) is 10.2 Å². The summed E-state index contributed by atoms with van der Waals surface area (Å²) in [5.41, 5.74) is -0.0235. The van der Waals surface area contributed by atoms with Gasteiger partial charge in [-0.1, -0.05) is 13.8 Å². The predicted octanol–water partition coefficient (Wildman–Crippen LogP) is 4.25. The molecular formula is C23H36N2O5. The second-order valence-corrected chi connectivity index (χ2v) is 9.18. The molecular weight excluding hydrogens is 384 g/mol. The first-order valence-corrected chi connectivity index (χ1v) is 10.6. The van der Waals surface area contributed by atoms with E-state index in [-0.39, 0.29) is 18.0 Å². The van der Waals surface area contributed by atoms with E-state index in [0.717, 1.165) is 6.42 Å². The molecule has 0 aliphatic carbocycles. The Morgan fingerprint density at radius 1 is 1.23 bits per heavy atom. The topological polar surface area (TPSA) is 77.1 Å². The van der Waals surface area contributed by atoms with Gasteiger partial charge in [-0.2, -0.15) is 0 Å². The van der Waals surface area contributed by atoms with Gasteiger partial charge in [-0.3, -0.25) is 4.79 Å². The number of benzene rings is 1. The molecule has 1 aliphatic heterocycles. The highest BCUT2D eigenvalue weighted by atomic mass is 16.6. The maximum Gasteiger partial charge on any atom is 0.407 e. The first-order valence-electron chi connectivity index (χ1n) is 10.6. The summed E-state index contributed by atoms with van der Waals surface area (Å²) in [6, 6.07) is 4.97. The molecule has 1 aliphatic rings. The minimum absolute atomic E-state index is 0.0944. The zero-order valence-corrected chi connectivity index (χ0v) is 19.3. The fourth-order valence-electron chi connectivity index (χ4n) is 3.37. The van der Waals surface area contributed by atoms with Gasteiger partial charge >= 0.3 is 6.09 Å².